The molecule has 1 aromatic rings. The third kappa shape index (κ3) is 2.35. The molecule has 1 heterocycles. The predicted molar refractivity (Wildman–Crippen MR) is 67.1 cm³/mol. The largest absolute Gasteiger partial charge is 0.507 e. The summed E-state index contributed by atoms with van der Waals surface area (Å²) in [5, 5.41) is 9.64. The Labute approximate surface area is 101 Å². The summed E-state index contributed by atoms with van der Waals surface area (Å²) < 4.78 is 25.6. The molecule has 0 atom stereocenters. The minimum atomic E-state index is -3.27. The second kappa shape index (κ2) is 4.16. The van der Waals surface area contributed by atoms with Gasteiger partial charge in [-0.3, -0.25) is 0 Å². The normalized spacial score (nSPS) is 20.9. The molecule has 2 rings (SSSR count). The SMILES string of the molecule is Cc1cc(/C=C2\CCNS2(=O)=O)cc(C)c1O. The number of hydrogen-bond donors (Lipinski definition) is 2. The van der Waals surface area contributed by atoms with Crippen molar-refractivity contribution in [3.63, 3.8) is 0 Å². The van der Waals surface area contributed by atoms with E-state index in [1.54, 1.807) is 32.1 Å². The maximum absolute atomic E-state index is 11.6. The summed E-state index contributed by atoms with van der Waals surface area (Å²) in [4.78, 5) is 0.405. The molecule has 0 spiro atoms. The monoisotopic (exact) mass is 253 g/mol. The lowest BCUT2D eigenvalue weighted by atomic mass is 10.1. The van der Waals surface area contributed by atoms with Crippen LogP contribution >= 0.6 is 0 Å². The van der Waals surface area contributed by atoms with Gasteiger partial charge in [0, 0.05) is 6.54 Å². The molecule has 0 bridgehead atoms. The second-order valence-electron chi connectivity index (χ2n) is 4.26. The van der Waals surface area contributed by atoms with Crippen LogP contribution in [0.1, 0.15) is 23.1 Å². The van der Waals surface area contributed by atoms with Crippen molar-refractivity contribution >= 4 is 16.1 Å². The number of rotatable bonds is 1. The average Bonchev–Trinajstić information content (AvgIpc) is 2.55. The molecule has 92 valence electrons. The molecule has 1 fully saturated rings. The summed E-state index contributed by atoms with van der Waals surface area (Å²) in [5.41, 5.74) is 2.31. The number of sulfonamides is 1. The highest BCUT2D eigenvalue weighted by molar-refractivity contribution is 7.93. The summed E-state index contributed by atoms with van der Waals surface area (Å²) in [6, 6.07) is 3.56. The quantitative estimate of drug-likeness (QED) is 0.800. The third-order valence-electron chi connectivity index (χ3n) is 2.85. The van der Waals surface area contributed by atoms with Gasteiger partial charge in [0.15, 0.2) is 0 Å². The summed E-state index contributed by atoms with van der Waals surface area (Å²) in [7, 11) is -3.27. The maximum Gasteiger partial charge on any atom is 0.236 e. The first-order chi connectivity index (χ1) is 7.90. The molecule has 1 aliphatic heterocycles. The Morgan fingerprint density at radius 3 is 2.35 bits per heavy atom. The van der Waals surface area contributed by atoms with Crippen molar-refractivity contribution in [3.05, 3.63) is 33.7 Å². The first kappa shape index (κ1) is 12.1. The number of aromatic hydroxyl groups is 1. The van der Waals surface area contributed by atoms with Crippen molar-refractivity contribution in [2.24, 2.45) is 0 Å². The lowest BCUT2D eigenvalue weighted by Crippen LogP contribution is -2.14. The lowest BCUT2D eigenvalue weighted by molar-refractivity contribution is 0.467. The summed E-state index contributed by atoms with van der Waals surface area (Å²) in [6.07, 6.45) is 2.18. The molecule has 0 radical (unpaired) electrons. The molecule has 1 saturated heterocycles. The van der Waals surface area contributed by atoms with Crippen LogP contribution < -0.4 is 4.72 Å². The van der Waals surface area contributed by atoms with E-state index in [4.69, 9.17) is 0 Å². The van der Waals surface area contributed by atoms with E-state index in [1.165, 1.54) is 0 Å². The Kier molecular flexibility index (Phi) is 2.97. The fourth-order valence-electron chi connectivity index (χ4n) is 1.94. The molecule has 0 aromatic heterocycles. The van der Waals surface area contributed by atoms with E-state index in [0.717, 1.165) is 16.7 Å². The topological polar surface area (TPSA) is 66.4 Å². The Bertz CT molecular complexity index is 565. The van der Waals surface area contributed by atoms with Gasteiger partial charge < -0.3 is 5.11 Å². The molecule has 0 amide bonds. The van der Waals surface area contributed by atoms with Gasteiger partial charge in [-0.2, -0.15) is 0 Å². The van der Waals surface area contributed by atoms with Crippen LogP contribution in [0.2, 0.25) is 0 Å². The summed E-state index contributed by atoms with van der Waals surface area (Å²) >= 11 is 0. The molecular formula is C12H15NO3S. The van der Waals surface area contributed by atoms with E-state index in [-0.39, 0.29) is 5.75 Å². The highest BCUT2D eigenvalue weighted by atomic mass is 32.2. The fourth-order valence-corrected chi connectivity index (χ4v) is 3.16. The van der Waals surface area contributed by atoms with Gasteiger partial charge in [0.1, 0.15) is 5.75 Å². The average molecular weight is 253 g/mol. The van der Waals surface area contributed by atoms with Crippen LogP contribution in [0.3, 0.4) is 0 Å². The smallest absolute Gasteiger partial charge is 0.236 e. The van der Waals surface area contributed by atoms with Gasteiger partial charge in [-0.1, -0.05) is 0 Å². The van der Waals surface area contributed by atoms with Gasteiger partial charge in [-0.05, 0) is 55.2 Å². The van der Waals surface area contributed by atoms with Crippen LogP contribution in [0, 0.1) is 13.8 Å². The van der Waals surface area contributed by atoms with Crippen molar-refractivity contribution in [1.29, 1.82) is 0 Å². The zero-order valence-electron chi connectivity index (χ0n) is 9.82. The molecule has 5 heteroatoms. The lowest BCUT2D eigenvalue weighted by Gasteiger charge is -2.05. The molecular weight excluding hydrogens is 238 g/mol. The van der Waals surface area contributed by atoms with E-state index >= 15 is 0 Å². The number of hydrogen-bond acceptors (Lipinski definition) is 3. The Morgan fingerprint density at radius 2 is 1.88 bits per heavy atom. The number of benzene rings is 1. The van der Waals surface area contributed by atoms with E-state index in [0.29, 0.717) is 17.9 Å². The van der Waals surface area contributed by atoms with Crippen LogP contribution in [0.15, 0.2) is 17.0 Å². The van der Waals surface area contributed by atoms with Gasteiger partial charge >= 0.3 is 0 Å². The molecule has 2 N–H and O–H groups in total. The van der Waals surface area contributed by atoms with E-state index in [9.17, 15) is 13.5 Å². The highest BCUT2D eigenvalue weighted by Crippen LogP contribution is 2.26. The van der Waals surface area contributed by atoms with Gasteiger partial charge in [0.2, 0.25) is 10.0 Å². The second-order valence-corrected chi connectivity index (χ2v) is 6.08. The predicted octanol–water partition coefficient (Wildman–Crippen LogP) is 1.67. The number of nitrogens with one attached hydrogen (secondary N) is 1. The van der Waals surface area contributed by atoms with Crippen molar-refractivity contribution in [2.45, 2.75) is 20.3 Å². The Hall–Kier alpha value is -1.33. The maximum atomic E-state index is 11.6. The third-order valence-corrected chi connectivity index (χ3v) is 4.45. The molecule has 0 unspecified atom stereocenters. The highest BCUT2D eigenvalue weighted by Gasteiger charge is 2.23. The van der Waals surface area contributed by atoms with Gasteiger partial charge in [-0.15, -0.1) is 0 Å². The first-order valence-corrected chi connectivity index (χ1v) is 6.89. The minimum absolute atomic E-state index is 0.263. The van der Waals surface area contributed by atoms with Crippen LogP contribution in [0.4, 0.5) is 0 Å². The van der Waals surface area contributed by atoms with Crippen LogP contribution in [0.5, 0.6) is 5.75 Å². The van der Waals surface area contributed by atoms with Gasteiger partial charge in [0.05, 0.1) is 4.91 Å². The number of phenolic OH excluding ortho intramolecular Hbond substituents is 1. The van der Waals surface area contributed by atoms with E-state index in [2.05, 4.69) is 4.72 Å². The van der Waals surface area contributed by atoms with E-state index < -0.39 is 10.0 Å². The molecule has 1 aromatic carbocycles. The zero-order valence-corrected chi connectivity index (χ0v) is 10.6. The van der Waals surface area contributed by atoms with Crippen LogP contribution in [-0.2, 0) is 10.0 Å². The number of aryl methyl sites for hydroxylation is 2. The van der Waals surface area contributed by atoms with Crippen molar-refractivity contribution in [3.8, 4) is 5.75 Å². The molecule has 4 nitrogen and oxygen atoms in total. The summed E-state index contributed by atoms with van der Waals surface area (Å²) in [5.74, 6) is 0.263. The van der Waals surface area contributed by atoms with Crippen molar-refractivity contribution in [1.82, 2.24) is 4.72 Å². The van der Waals surface area contributed by atoms with Crippen LogP contribution in [-0.4, -0.2) is 20.1 Å². The molecule has 0 saturated carbocycles. The Balaban J connectivity index is 2.47. The fraction of sp³-hybridized carbons (Fsp3) is 0.333. The molecule has 1 aliphatic rings. The van der Waals surface area contributed by atoms with Gasteiger partial charge in [-0.25, -0.2) is 13.1 Å². The zero-order chi connectivity index (χ0) is 12.6. The van der Waals surface area contributed by atoms with Crippen molar-refractivity contribution in [2.75, 3.05) is 6.54 Å². The molecule has 0 aliphatic carbocycles. The first-order valence-electron chi connectivity index (χ1n) is 5.40. The van der Waals surface area contributed by atoms with Crippen molar-refractivity contribution < 1.29 is 13.5 Å². The van der Waals surface area contributed by atoms with E-state index in [1.807, 2.05) is 0 Å². The number of phenols is 1. The van der Waals surface area contributed by atoms with Crippen LogP contribution in [0.25, 0.3) is 6.08 Å². The standard InChI is InChI=1S/C12H15NO3S/c1-8-5-10(6-9(2)12(8)14)7-11-3-4-13-17(11,15)16/h5-7,13-14H,3-4H2,1-2H3/b11-7+. The van der Waals surface area contributed by atoms with Gasteiger partial charge in [0.25, 0.3) is 0 Å². The summed E-state index contributed by atoms with van der Waals surface area (Å²) in [6.45, 7) is 4.06. The molecule has 17 heavy (non-hydrogen) atoms. The Morgan fingerprint density at radius 1 is 1.29 bits per heavy atom. The minimum Gasteiger partial charge on any atom is -0.507 e.